The van der Waals surface area contributed by atoms with Crippen molar-refractivity contribution in [2.24, 2.45) is 23.7 Å². The molecule has 3 aromatic rings. The van der Waals surface area contributed by atoms with E-state index in [-0.39, 0.29) is 48.3 Å². The lowest BCUT2D eigenvalue weighted by molar-refractivity contribution is -0.154. The highest BCUT2D eigenvalue weighted by Gasteiger charge is 2.67. The van der Waals surface area contributed by atoms with E-state index in [0.29, 0.717) is 6.42 Å². The number of ketones is 1. The molecule has 13 heteroatoms. The van der Waals surface area contributed by atoms with Gasteiger partial charge < -0.3 is 4.18 Å². The van der Waals surface area contributed by atoms with Crippen LogP contribution < -0.4 is 4.18 Å². The van der Waals surface area contributed by atoms with Crippen molar-refractivity contribution in [1.82, 2.24) is 10.0 Å². The molecule has 0 N–H and O–H groups in total. The molecule has 2 bridgehead atoms. The minimum atomic E-state index is -4.11. The van der Waals surface area contributed by atoms with Gasteiger partial charge in [0.2, 0.25) is 0 Å². The first-order valence-corrected chi connectivity index (χ1v) is 17.4. The van der Waals surface area contributed by atoms with E-state index in [0.717, 1.165) is 15.6 Å². The van der Waals surface area contributed by atoms with Gasteiger partial charge in [-0.3, -0.25) is 19.2 Å². The molecule has 0 spiro atoms. The maximum Gasteiger partial charge on any atom is 0.339 e. The molecule has 44 heavy (non-hydrogen) atoms. The number of carbonyl (C=O) groups is 4. The third-order valence-electron chi connectivity index (χ3n) is 8.53. The summed E-state index contributed by atoms with van der Waals surface area (Å²) in [6.45, 7) is 1.20. The van der Waals surface area contributed by atoms with E-state index < -0.39 is 52.0 Å². The summed E-state index contributed by atoms with van der Waals surface area (Å²) in [5, 5.41) is 1.81. The van der Waals surface area contributed by atoms with Crippen LogP contribution in [0.1, 0.15) is 32.7 Å². The summed E-state index contributed by atoms with van der Waals surface area (Å²) < 4.78 is 30.6. The molecule has 1 heterocycles. The van der Waals surface area contributed by atoms with Crippen LogP contribution >= 0.6 is 43.5 Å². The molecule has 3 aromatic carbocycles. The molecule has 228 valence electrons. The van der Waals surface area contributed by atoms with Crippen LogP contribution in [0.25, 0.3) is 0 Å². The van der Waals surface area contributed by atoms with Gasteiger partial charge in [-0.15, -0.1) is 0 Å². The highest BCUT2D eigenvalue weighted by molar-refractivity contribution is 9.12. The molecule has 3 aliphatic rings. The number of hydrogen-bond acceptors (Lipinski definition) is 7. The van der Waals surface area contributed by atoms with Crippen LogP contribution in [0.15, 0.2) is 77.7 Å². The predicted octanol–water partition coefficient (Wildman–Crippen LogP) is 5.43. The molecular weight excluding hydrogens is 740 g/mol. The monoisotopic (exact) mass is 762 g/mol. The maximum atomic E-state index is 13.8. The number of hydrogen-bond donors (Lipinski definition) is 0. The Morgan fingerprint density at radius 2 is 1.48 bits per heavy atom. The number of amides is 3. The lowest BCUT2D eigenvalue weighted by atomic mass is 9.81. The molecule has 2 saturated carbocycles. The first-order valence-electron chi connectivity index (χ1n) is 13.8. The van der Waals surface area contributed by atoms with Crippen LogP contribution in [0.4, 0.5) is 0 Å². The second-order valence-corrected chi connectivity index (χ2v) is 15.2. The Morgan fingerprint density at radius 3 is 2.05 bits per heavy atom. The average Bonchev–Trinajstić information content (AvgIpc) is 3.61. The number of carbonyl (C=O) groups excluding carboxylic acids is 4. The molecule has 0 radical (unpaired) electrons. The lowest BCUT2D eigenvalue weighted by Crippen LogP contribution is -2.52. The smallest absolute Gasteiger partial charge is 0.339 e. The molecule has 3 fully saturated rings. The van der Waals surface area contributed by atoms with E-state index in [4.69, 9.17) is 15.8 Å². The van der Waals surface area contributed by atoms with Crippen molar-refractivity contribution in [3.63, 3.8) is 0 Å². The number of Topliss-reactive ketones (excluding diaryl/α,β-unsaturated/α-hetero) is 1. The van der Waals surface area contributed by atoms with Crippen LogP contribution in [0.3, 0.4) is 0 Å². The molecule has 2 aliphatic carbocycles. The summed E-state index contributed by atoms with van der Waals surface area (Å²) in [6, 6.07) is 17.7. The predicted molar refractivity (Wildman–Crippen MR) is 168 cm³/mol. The average molecular weight is 765 g/mol. The van der Waals surface area contributed by atoms with Gasteiger partial charge in [-0.25, -0.2) is 5.01 Å². The second-order valence-electron chi connectivity index (χ2n) is 11.1. The Bertz CT molecular complexity index is 1750. The van der Waals surface area contributed by atoms with Crippen LogP contribution in [0, 0.1) is 30.6 Å². The van der Waals surface area contributed by atoms with E-state index in [2.05, 4.69) is 31.9 Å². The van der Waals surface area contributed by atoms with Gasteiger partial charge in [-0.2, -0.15) is 13.4 Å². The Labute approximate surface area is 275 Å². The number of benzene rings is 3. The van der Waals surface area contributed by atoms with Gasteiger partial charge in [0, 0.05) is 15.2 Å². The fraction of sp³-hybridized carbons (Fsp3) is 0.290. The molecular formula is C31H25Br2ClN2O7S. The van der Waals surface area contributed by atoms with Crippen LogP contribution in [0.2, 0.25) is 5.02 Å². The van der Waals surface area contributed by atoms with Crippen molar-refractivity contribution >= 4 is 77.1 Å². The highest BCUT2D eigenvalue weighted by Crippen LogP contribution is 2.60. The molecule has 1 aliphatic heterocycles. The van der Waals surface area contributed by atoms with Crippen molar-refractivity contribution in [2.75, 3.05) is 6.54 Å². The van der Waals surface area contributed by atoms with Crippen LogP contribution in [-0.4, -0.2) is 58.1 Å². The van der Waals surface area contributed by atoms with Gasteiger partial charge in [0.05, 0.1) is 22.4 Å². The Morgan fingerprint density at radius 1 is 0.909 bits per heavy atom. The van der Waals surface area contributed by atoms with Crippen molar-refractivity contribution in [3.8, 4) is 5.75 Å². The highest BCUT2D eigenvalue weighted by atomic mass is 79.9. The van der Waals surface area contributed by atoms with Gasteiger partial charge in [-0.05, 0) is 73.7 Å². The zero-order valence-electron chi connectivity index (χ0n) is 23.1. The summed E-state index contributed by atoms with van der Waals surface area (Å²) in [5.74, 6) is -3.80. The second kappa shape index (κ2) is 11.7. The quantitative estimate of drug-likeness (QED) is 0.130. The van der Waals surface area contributed by atoms with Crippen molar-refractivity contribution in [1.29, 1.82) is 0 Å². The minimum absolute atomic E-state index is 0.00430. The zero-order valence-corrected chi connectivity index (χ0v) is 27.8. The fourth-order valence-electron chi connectivity index (χ4n) is 6.38. The van der Waals surface area contributed by atoms with E-state index in [9.17, 15) is 27.6 Å². The third kappa shape index (κ3) is 5.29. The Kier molecular flexibility index (Phi) is 8.23. The van der Waals surface area contributed by atoms with E-state index in [1.165, 1.54) is 48.5 Å². The molecule has 0 unspecified atom stereocenters. The standard InChI is InChI=1S/C31H25Br2ClN2O7S/c1-16-6-12-19(13-7-16)44(41,42)43-18-10-8-17(9-11-18)24(37)15-35(29(38)20-4-2-3-5-23(20)34)36-30(39)25-21-14-22(26(25)31(36)40)28(33)27(21)32/h2-13,21-22,25-28H,14-15H2,1H3/t21-,22-,25-,26+,27-,28+/m1/s1. The molecule has 0 aromatic heterocycles. The fourth-order valence-corrected chi connectivity index (χ4v) is 9.40. The normalized spacial score (nSPS) is 25.7. The Balaban J connectivity index is 1.26. The maximum absolute atomic E-state index is 13.8. The molecule has 1 saturated heterocycles. The van der Waals surface area contributed by atoms with Gasteiger partial charge >= 0.3 is 10.1 Å². The van der Waals surface area contributed by atoms with Crippen molar-refractivity contribution in [2.45, 2.75) is 27.9 Å². The van der Waals surface area contributed by atoms with Gasteiger partial charge in [0.25, 0.3) is 17.7 Å². The number of nitrogens with zero attached hydrogens (tertiary/aromatic N) is 2. The molecule has 9 nitrogen and oxygen atoms in total. The van der Waals surface area contributed by atoms with Crippen molar-refractivity contribution < 1.29 is 31.8 Å². The van der Waals surface area contributed by atoms with Crippen LogP contribution in [0.5, 0.6) is 5.75 Å². The summed E-state index contributed by atoms with van der Waals surface area (Å²) in [4.78, 5) is 54.9. The summed E-state index contributed by atoms with van der Waals surface area (Å²) in [7, 11) is -4.11. The lowest BCUT2D eigenvalue weighted by Gasteiger charge is -2.31. The third-order valence-corrected chi connectivity index (χ3v) is 13.3. The number of alkyl halides is 2. The van der Waals surface area contributed by atoms with E-state index in [1.807, 2.05) is 6.92 Å². The topological polar surface area (TPSA) is 118 Å². The van der Waals surface area contributed by atoms with Gasteiger partial charge in [0.15, 0.2) is 5.78 Å². The molecule has 6 rings (SSSR count). The van der Waals surface area contributed by atoms with Crippen LogP contribution in [-0.2, 0) is 19.7 Å². The number of fused-ring (bicyclic) bond motifs is 5. The van der Waals surface area contributed by atoms with Crippen molar-refractivity contribution in [3.05, 3.63) is 94.5 Å². The molecule has 6 atom stereocenters. The SMILES string of the molecule is Cc1ccc(S(=O)(=O)Oc2ccc(C(=O)CN(C(=O)c3ccccc3Cl)N3C(=O)[C@@H]4[C@H]5C[C@@H]([C@H](Br)[C@@H]5Br)[C@@H]4C3=O)cc2)cc1. The van der Waals surface area contributed by atoms with E-state index >= 15 is 0 Å². The number of hydrazine groups is 1. The first kappa shape index (κ1) is 30.9. The Hall–Kier alpha value is -3.06. The minimum Gasteiger partial charge on any atom is -0.379 e. The molecule has 3 amide bonds. The summed E-state index contributed by atoms with van der Waals surface area (Å²) in [5.41, 5.74) is 1.04. The summed E-state index contributed by atoms with van der Waals surface area (Å²) in [6.07, 6.45) is 0.706. The number of rotatable bonds is 8. The van der Waals surface area contributed by atoms with E-state index in [1.54, 1.807) is 24.3 Å². The number of imide groups is 1. The van der Waals surface area contributed by atoms with Gasteiger partial charge in [0.1, 0.15) is 17.2 Å². The largest absolute Gasteiger partial charge is 0.379 e. The number of halogens is 3. The number of aryl methyl sites for hydroxylation is 1. The zero-order chi connectivity index (χ0) is 31.5. The first-order chi connectivity index (χ1) is 20.9. The summed E-state index contributed by atoms with van der Waals surface area (Å²) >= 11 is 13.6. The van der Waals surface area contributed by atoms with Gasteiger partial charge in [-0.1, -0.05) is 73.3 Å².